The third kappa shape index (κ3) is 2.79. The predicted octanol–water partition coefficient (Wildman–Crippen LogP) is 3.61. The minimum Gasteiger partial charge on any atom is -0.501 e. The lowest BCUT2D eigenvalue weighted by atomic mass is 9.97. The summed E-state index contributed by atoms with van der Waals surface area (Å²) in [7, 11) is 1.65. The van der Waals surface area contributed by atoms with E-state index in [9.17, 15) is 4.79 Å². The highest BCUT2D eigenvalue weighted by Gasteiger charge is 2.19. The van der Waals surface area contributed by atoms with Crippen molar-refractivity contribution in [3.05, 3.63) is 65.8 Å². The van der Waals surface area contributed by atoms with Crippen LogP contribution in [0, 0.1) is 0 Å². The number of methoxy groups -OCH3 is 1. The molecule has 0 spiro atoms. The van der Waals surface area contributed by atoms with E-state index in [4.69, 9.17) is 14.3 Å². The van der Waals surface area contributed by atoms with Gasteiger partial charge in [-0.05, 0) is 30.3 Å². The molecule has 3 rings (SSSR count). The number of hydrogen-bond acceptors (Lipinski definition) is 4. The lowest BCUT2D eigenvalue weighted by molar-refractivity contribution is 0.0697. The molecule has 0 fully saturated rings. The van der Waals surface area contributed by atoms with E-state index >= 15 is 0 Å². The highest BCUT2D eigenvalue weighted by atomic mass is 16.5. The average molecular weight is 297 g/mol. The fraction of sp³-hybridized carbons (Fsp3) is 0.176. The van der Waals surface area contributed by atoms with Crippen molar-refractivity contribution in [3.8, 4) is 11.5 Å². The number of benzene rings is 1. The summed E-state index contributed by atoms with van der Waals surface area (Å²) in [6, 6.07) is 6.45. The molecule has 22 heavy (non-hydrogen) atoms. The van der Waals surface area contributed by atoms with Crippen molar-refractivity contribution in [3.63, 3.8) is 0 Å². The molecule has 2 aromatic rings. The number of oxazole rings is 1. The second kappa shape index (κ2) is 5.89. The second-order valence-corrected chi connectivity index (χ2v) is 4.98. The van der Waals surface area contributed by atoms with Crippen molar-refractivity contribution in [2.24, 2.45) is 0 Å². The molecule has 0 amide bonds. The number of carbonyl (C=O) groups is 1. The van der Waals surface area contributed by atoms with Crippen molar-refractivity contribution < 1.29 is 19.1 Å². The minimum atomic E-state index is -0.953. The van der Waals surface area contributed by atoms with E-state index in [2.05, 4.69) is 4.98 Å². The molecule has 0 bridgehead atoms. The van der Waals surface area contributed by atoms with Gasteiger partial charge in [0, 0.05) is 17.9 Å². The molecule has 0 saturated heterocycles. The van der Waals surface area contributed by atoms with Crippen molar-refractivity contribution in [2.75, 3.05) is 7.11 Å². The van der Waals surface area contributed by atoms with Crippen LogP contribution >= 0.6 is 0 Å². The van der Waals surface area contributed by atoms with Gasteiger partial charge in [0.25, 0.3) is 0 Å². The van der Waals surface area contributed by atoms with Crippen LogP contribution in [0.1, 0.15) is 28.5 Å². The molecule has 1 aliphatic carbocycles. The summed E-state index contributed by atoms with van der Waals surface area (Å²) in [4.78, 5) is 15.1. The van der Waals surface area contributed by atoms with E-state index in [0.29, 0.717) is 5.89 Å². The Morgan fingerprint density at radius 2 is 2.14 bits per heavy atom. The first kappa shape index (κ1) is 14.1. The summed E-state index contributed by atoms with van der Waals surface area (Å²) in [5.41, 5.74) is 0.985. The van der Waals surface area contributed by atoms with E-state index in [1.807, 2.05) is 18.2 Å². The highest BCUT2D eigenvalue weighted by molar-refractivity contribution is 5.88. The van der Waals surface area contributed by atoms with Crippen LogP contribution in [0.3, 0.4) is 0 Å². The molecular formula is C17H15NO4. The zero-order valence-electron chi connectivity index (χ0n) is 12.0. The zero-order valence-corrected chi connectivity index (χ0v) is 12.0. The summed E-state index contributed by atoms with van der Waals surface area (Å²) < 4.78 is 11.1. The van der Waals surface area contributed by atoms with Crippen molar-refractivity contribution in [1.29, 1.82) is 0 Å². The molecule has 1 aromatic carbocycles. The molecule has 1 aliphatic rings. The van der Waals surface area contributed by atoms with E-state index in [1.165, 1.54) is 12.1 Å². The maximum Gasteiger partial charge on any atom is 0.335 e. The average Bonchev–Trinajstić information content (AvgIpc) is 3.05. The summed E-state index contributed by atoms with van der Waals surface area (Å²) >= 11 is 0. The summed E-state index contributed by atoms with van der Waals surface area (Å²) in [5, 5.41) is 8.90. The molecule has 1 N–H and O–H groups in total. The molecule has 1 unspecified atom stereocenters. The number of aromatic nitrogens is 1. The number of allylic oxidation sites excluding steroid dienone is 4. The van der Waals surface area contributed by atoms with Crippen LogP contribution < -0.4 is 0 Å². The molecule has 5 nitrogen and oxygen atoms in total. The molecule has 0 aliphatic heterocycles. The van der Waals surface area contributed by atoms with E-state index in [1.54, 1.807) is 25.4 Å². The van der Waals surface area contributed by atoms with E-state index in [-0.39, 0.29) is 11.5 Å². The smallest absolute Gasteiger partial charge is 0.335 e. The van der Waals surface area contributed by atoms with Crippen LogP contribution in [0.5, 0.6) is 0 Å². The quantitative estimate of drug-likeness (QED) is 0.933. The van der Waals surface area contributed by atoms with Gasteiger partial charge in [0.15, 0.2) is 0 Å². The van der Waals surface area contributed by atoms with Gasteiger partial charge in [0.05, 0.1) is 24.6 Å². The number of aromatic carboxylic acids is 1. The zero-order chi connectivity index (χ0) is 15.5. The molecule has 1 heterocycles. The van der Waals surface area contributed by atoms with Gasteiger partial charge in [-0.15, -0.1) is 0 Å². The second-order valence-electron chi connectivity index (χ2n) is 4.98. The SMILES string of the molecule is COC1=CC=CC(c2cnc(-c3ccc(C(=O)O)cc3)o2)C1. The minimum absolute atomic E-state index is 0.0968. The molecule has 5 heteroatoms. The van der Waals surface area contributed by atoms with Crippen LogP contribution in [0.2, 0.25) is 0 Å². The van der Waals surface area contributed by atoms with Crippen molar-refractivity contribution in [1.82, 2.24) is 4.98 Å². The van der Waals surface area contributed by atoms with Gasteiger partial charge in [-0.2, -0.15) is 0 Å². The van der Waals surface area contributed by atoms with Gasteiger partial charge in [-0.3, -0.25) is 0 Å². The van der Waals surface area contributed by atoms with Gasteiger partial charge >= 0.3 is 5.97 Å². The van der Waals surface area contributed by atoms with Gasteiger partial charge < -0.3 is 14.3 Å². The van der Waals surface area contributed by atoms with Crippen molar-refractivity contribution >= 4 is 5.97 Å². The van der Waals surface area contributed by atoms with Gasteiger partial charge in [-0.25, -0.2) is 9.78 Å². The van der Waals surface area contributed by atoms with Gasteiger partial charge in [0.1, 0.15) is 5.76 Å². The van der Waals surface area contributed by atoms with Crippen LogP contribution in [0.4, 0.5) is 0 Å². The van der Waals surface area contributed by atoms with Crippen LogP contribution in [-0.4, -0.2) is 23.2 Å². The third-order valence-corrected chi connectivity index (χ3v) is 3.58. The number of nitrogens with zero attached hydrogens (tertiary/aromatic N) is 1. The highest BCUT2D eigenvalue weighted by Crippen LogP contribution is 2.31. The fourth-order valence-corrected chi connectivity index (χ4v) is 2.34. The molecule has 1 aromatic heterocycles. The first-order valence-electron chi connectivity index (χ1n) is 6.88. The number of hydrogen-bond donors (Lipinski definition) is 1. The Labute approximate surface area is 127 Å². The first-order valence-corrected chi connectivity index (χ1v) is 6.88. The standard InChI is InChI=1S/C17H15NO4/c1-21-14-4-2-3-13(9-14)15-10-18-16(22-15)11-5-7-12(8-6-11)17(19)20/h2-8,10,13H,9H2,1H3,(H,19,20). The molecule has 112 valence electrons. The Morgan fingerprint density at radius 3 is 2.82 bits per heavy atom. The maximum atomic E-state index is 10.9. The maximum absolute atomic E-state index is 10.9. The summed E-state index contributed by atoms with van der Waals surface area (Å²) in [6.45, 7) is 0. The van der Waals surface area contributed by atoms with E-state index in [0.717, 1.165) is 23.5 Å². The lowest BCUT2D eigenvalue weighted by Gasteiger charge is -2.14. The van der Waals surface area contributed by atoms with E-state index < -0.39 is 5.97 Å². The largest absolute Gasteiger partial charge is 0.501 e. The number of rotatable bonds is 4. The Morgan fingerprint density at radius 1 is 1.36 bits per heavy atom. The lowest BCUT2D eigenvalue weighted by Crippen LogP contribution is -2.01. The fourth-order valence-electron chi connectivity index (χ4n) is 2.34. The topological polar surface area (TPSA) is 72.6 Å². The summed E-state index contributed by atoms with van der Waals surface area (Å²) in [6.07, 6.45) is 8.35. The Balaban J connectivity index is 1.80. The summed E-state index contributed by atoms with van der Waals surface area (Å²) in [5.74, 6) is 1.28. The molecule has 0 radical (unpaired) electrons. The molecule has 1 atom stereocenters. The van der Waals surface area contributed by atoms with Crippen LogP contribution in [0.25, 0.3) is 11.5 Å². The molecule has 0 saturated carbocycles. The first-order chi connectivity index (χ1) is 10.7. The van der Waals surface area contributed by atoms with Crippen molar-refractivity contribution in [2.45, 2.75) is 12.3 Å². The monoisotopic (exact) mass is 297 g/mol. The predicted molar refractivity (Wildman–Crippen MR) is 80.5 cm³/mol. The number of carboxylic acids is 1. The van der Waals surface area contributed by atoms with Crippen LogP contribution in [0.15, 0.2) is 58.9 Å². The Bertz CT molecular complexity index is 740. The normalized spacial score (nSPS) is 17.1. The Kier molecular flexibility index (Phi) is 3.78. The number of ether oxygens (including phenoxy) is 1. The van der Waals surface area contributed by atoms with Crippen LogP contribution in [-0.2, 0) is 4.74 Å². The van der Waals surface area contributed by atoms with Gasteiger partial charge in [-0.1, -0.05) is 12.2 Å². The Hall–Kier alpha value is -2.82. The molecular weight excluding hydrogens is 282 g/mol. The van der Waals surface area contributed by atoms with Gasteiger partial charge in [0.2, 0.25) is 5.89 Å². The number of carboxylic acid groups (broad SMARTS) is 1. The third-order valence-electron chi connectivity index (χ3n) is 3.58.